The summed E-state index contributed by atoms with van der Waals surface area (Å²) in [5.41, 5.74) is 10.4. The van der Waals surface area contributed by atoms with Gasteiger partial charge in [0.25, 0.3) is 0 Å². The van der Waals surface area contributed by atoms with Gasteiger partial charge in [-0.05, 0) is 66.6 Å². The summed E-state index contributed by atoms with van der Waals surface area (Å²) < 4.78 is 10.6. The second-order valence-corrected chi connectivity index (χ2v) is 8.93. The molecule has 6 nitrogen and oxygen atoms in total. The lowest BCUT2D eigenvalue weighted by atomic mass is 10.0. The Morgan fingerprint density at radius 1 is 0.971 bits per heavy atom. The third-order valence-electron chi connectivity index (χ3n) is 5.38. The number of methoxy groups -OCH3 is 2. The first-order valence-electron chi connectivity index (χ1n) is 10.6. The average Bonchev–Trinajstić information content (AvgIpc) is 3.29. The minimum atomic E-state index is -0.529. The van der Waals surface area contributed by atoms with Crippen LogP contribution in [0.1, 0.15) is 15.9 Å². The summed E-state index contributed by atoms with van der Waals surface area (Å²) in [5.74, 6) is 1.77. The number of carbonyl (C=O) groups is 1. The zero-order chi connectivity index (χ0) is 24.1. The van der Waals surface area contributed by atoms with Crippen LogP contribution in [0.25, 0.3) is 22.5 Å². The molecule has 0 spiro atoms. The molecule has 0 aliphatic heterocycles. The monoisotopic (exact) mass is 493 g/mol. The summed E-state index contributed by atoms with van der Waals surface area (Å²) in [5, 5.41) is 1.20. The van der Waals surface area contributed by atoms with Crippen LogP contribution in [0.15, 0.2) is 71.9 Å². The number of primary amides is 1. The average molecular weight is 494 g/mol. The van der Waals surface area contributed by atoms with E-state index in [4.69, 9.17) is 31.8 Å². The Kier molecular flexibility index (Phi) is 7.45. The highest BCUT2D eigenvalue weighted by molar-refractivity contribution is 7.99. The van der Waals surface area contributed by atoms with Crippen molar-refractivity contribution in [2.75, 3.05) is 20.0 Å². The van der Waals surface area contributed by atoms with E-state index in [1.165, 1.54) is 0 Å². The van der Waals surface area contributed by atoms with Crippen molar-refractivity contribution in [1.82, 2.24) is 9.97 Å². The van der Waals surface area contributed by atoms with Gasteiger partial charge in [0.1, 0.15) is 11.5 Å². The number of nitrogens with zero attached hydrogens (tertiary/aromatic N) is 1. The first kappa shape index (κ1) is 23.7. The van der Waals surface area contributed by atoms with Gasteiger partial charge in [0, 0.05) is 16.9 Å². The fourth-order valence-electron chi connectivity index (χ4n) is 3.57. The summed E-state index contributed by atoms with van der Waals surface area (Å²) in [7, 11) is 3.29. The van der Waals surface area contributed by atoms with Gasteiger partial charge in [0.15, 0.2) is 5.16 Å². The van der Waals surface area contributed by atoms with Gasteiger partial charge in [-0.3, -0.25) is 4.79 Å². The minimum Gasteiger partial charge on any atom is -0.497 e. The maximum Gasteiger partial charge on any atom is 0.250 e. The number of thioether (sulfide) groups is 1. The lowest BCUT2D eigenvalue weighted by molar-refractivity contribution is 0.100. The van der Waals surface area contributed by atoms with Crippen molar-refractivity contribution in [3.05, 3.63) is 82.9 Å². The third kappa shape index (κ3) is 5.21. The summed E-state index contributed by atoms with van der Waals surface area (Å²) in [6.07, 6.45) is 0.668. The van der Waals surface area contributed by atoms with E-state index >= 15 is 0 Å². The number of H-pyrrole nitrogens is 1. The van der Waals surface area contributed by atoms with Crippen LogP contribution in [-0.4, -0.2) is 35.8 Å². The SMILES string of the molecule is COc1ccc(-c2nc(SCCc3cccc(C(N)=O)c3Cl)[nH]c2-c2ccc(OC)cc2)cc1. The number of nitrogens with one attached hydrogen (secondary N) is 1. The van der Waals surface area contributed by atoms with Gasteiger partial charge < -0.3 is 20.2 Å². The molecule has 3 N–H and O–H groups in total. The van der Waals surface area contributed by atoms with Crippen molar-refractivity contribution >= 4 is 29.3 Å². The topological polar surface area (TPSA) is 90.2 Å². The molecule has 0 bridgehead atoms. The molecule has 0 atom stereocenters. The van der Waals surface area contributed by atoms with Crippen molar-refractivity contribution in [3.8, 4) is 34.0 Å². The first-order chi connectivity index (χ1) is 16.5. The van der Waals surface area contributed by atoms with Crippen LogP contribution >= 0.6 is 23.4 Å². The number of aryl methyl sites for hydroxylation is 1. The van der Waals surface area contributed by atoms with Crippen molar-refractivity contribution in [3.63, 3.8) is 0 Å². The van der Waals surface area contributed by atoms with E-state index in [1.54, 1.807) is 38.1 Å². The van der Waals surface area contributed by atoms with Crippen LogP contribution in [0.2, 0.25) is 5.02 Å². The highest BCUT2D eigenvalue weighted by Crippen LogP contribution is 2.34. The Balaban J connectivity index is 1.60. The Bertz CT molecular complexity index is 1220. The van der Waals surface area contributed by atoms with Gasteiger partial charge in [-0.1, -0.05) is 35.5 Å². The number of imidazole rings is 1. The minimum absolute atomic E-state index is 0.339. The second-order valence-electron chi connectivity index (χ2n) is 7.46. The molecule has 0 radical (unpaired) electrons. The van der Waals surface area contributed by atoms with E-state index < -0.39 is 5.91 Å². The zero-order valence-electron chi connectivity index (χ0n) is 18.8. The Morgan fingerprint density at radius 2 is 1.59 bits per heavy atom. The molecule has 1 amide bonds. The fourth-order valence-corrected chi connectivity index (χ4v) is 4.72. The molecule has 3 aromatic carbocycles. The van der Waals surface area contributed by atoms with Gasteiger partial charge >= 0.3 is 0 Å². The Labute approximate surface area is 207 Å². The summed E-state index contributed by atoms with van der Waals surface area (Å²) in [4.78, 5) is 19.9. The van der Waals surface area contributed by atoms with Gasteiger partial charge in [-0.2, -0.15) is 0 Å². The summed E-state index contributed by atoms with van der Waals surface area (Å²) in [6.45, 7) is 0. The first-order valence-corrected chi connectivity index (χ1v) is 12.0. The van der Waals surface area contributed by atoms with Crippen molar-refractivity contribution < 1.29 is 14.3 Å². The lowest BCUT2D eigenvalue weighted by Crippen LogP contribution is -2.12. The maximum absolute atomic E-state index is 11.6. The van der Waals surface area contributed by atoms with Crippen LogP contribution in [0.3, 0.4) is 0 Å². The molecule has 0 aliphatic rings. The highest BCUT2D eigenvalue weighted by atomic mass is 35.5. The number of hydrogen-bond donors (Lipinski definition) is 2. The molecule has 0 fully saturated rings. The lowest BCUT2D eigenvalue weighted by Gasteiger charge is -2.06. The van der Waals surface area contributed by atoms with E-state index in [0.717, 1.165) is 50.5 Å². The molecule has 1 aromatic heterocycles. The van der Waals surface area contributed by atoms with Crippen molar-refractivity contribution in [1.29, 1.82) is 0 Å². The molecular weight excluding hydrogens is 470 g/mol. The van der Waals surface area contributed by atoms with E-state index in [1.807, 2.05) is 54.6 Å². The van der Waals surface area contributed by atoms with E-state index in [9.17, 15) is 4.79 Å². The van der Waals surface area contributed by atoms with E-state index in [-0.39, 0.29) is 0 Å². The molecule has 1 heterocycles. The molecule has 0 saturated heterocycles. The fraction of sp³-hybridized carbons (Fsp3) is 0.154. The predicted molar refractivity (Wildman–Crippen MR) is 137 cm³/mol. The van der Waals surface area contributed by atoms with Crippen LogP contribution < -0.4 is 15.2 Å². The van der Waals surface area contributed by atoms with Crippen molar-refractivity contribution in [2.24, 2.45) is 5.73 Å². The van der Waals surface area contributed by atoms with Gasteiger partial charge in [0.05, 0.1) is 36.2 Å². The molecule has 4 aromatic rings. The molecular formula is C26H24ClN3O3S. The second kappa shape index (κ2) is 10.7. The van der Waals surface area contributed by atoms with Crippen LogP contribution in [-0.2, 0) is 6.42 Å². The van der Waals surface area contributed by atoms with E-state index in [2.05, 4.69) is 4.98 Å². The van der Waals surface area contributed by atoms with Gasteiger partial charge in [0.2, 0.25) is 5.91 Å². The molecule has 0 aliphatic carbocycles. The summed E-state index contributed by atoms with van der Waals surface area (Å²) >= 11 is 7.96. The number of amides is 1. The third-order valence-corrected chi connectivity index (χ3v) is 6.70. The smallest absolute Gasteiger partial charge is 0.250 e. The number of benzene rings is 3. The number of hydrogen-bond acceptors (Lipinski definition) is 5. The maximum atomic E-state index is 11.6. The van der Waals surface area contributed by atoms with Crippen LogP contribution in [0, 0.1) is 0 Å². The van der Waals surface area contributed by atoms with E-state index in [0.29, 0.717) is 17.0 Å². The standard InChI is InChI=1S/C26H24ClN3O3S/c1-32-19-10-6-17(7-11-19)23-24(18-8-12-20(33-2)13-9-18)30-26(29-23)34-15-14-16-4-3-5-21(22(16)27)25(28)31/h3-13H,14-15H2,1-2H3,(H2,28,31)(H,29,30). The largest absolute Gasteiger partial charge is 0.497 e. The number of halogens is 1. The molecule has 0 saturated carbocycles. The molecule has 34 heavy (non-hydrogen) atoms. The number of ether oxygens (including phenoxy) is 2. The van der Waals surface area contributed by atoms with Crippen LogP contribution in [0.4, 0.5) is 0 Å². The molecule has 0 unspecified atom stereocenters. The van der Waals surface area contributed by atoms with Gasteiger partial charge in [-0.15, -0.1) is 0 Å². The molecule has 4 rings (SSSR count). The highest BCUT2D eigenvalue weighted by Gasteiger charge is 2.16. The Morgan fingerprint density at radius 3 is 2.18 bits per heavy atom. The van der Waals surface area contributed by atoms with Gasteiger partial charge in [-0.25, -0.2) is 4.98 Å². The number of nitrogens with two attached hydrogens (primary N) is 1. The zero-order valence-corrected chi connectivity index (χ0v) is 20.4. The molecule has 174 valence electrons. The molecule has 8 heteroatoms. The predicted octanol–water partition coefficient (Wildman–Crippen LogP) is 5.85. The van der Waals surface area contributed by atoms with Crippen molar-refractivity contribution in [2.45, 2.75) is 11.6 Å². The summed E-state index contributed by atoms with van der Waals surface area (Å²) in [6, 6.07) is 21.0. The normalized spacial score (nSPS) is 10.8. The quantitative estimate of drug-likeness (QED) is 0.285. The number of carbonyl (C=O) groups excluding carboxylic acids is 1. The van der Waals surface area contributed by atoms with Crippen LogP contribution in [0.5, 0.6) is 11.5 Å². The number of rotatable bonds is 9. The number of aromatic amines is 1. The number of aromatic nitrogens is 2. The Hall–Kier alpha value is -3.42.